The molecule has 0 bridgehead atoms. The topological polar surface area (TPSA) is 64.0 Å². The third-order valence-electron chi connectivity index (χ3n) is 6.89. The molecule has 1 fully saturated rings. The summed E-state index contributed by atoms with van der Waals surface area (Å²) in [6.45, 7) is 2.94. The van der Waals surface area contributed by atoms with E-state index in [2.05, 4.69) is 4.90 Å². The number of aliphatic hydroxyl groups is 2. The van der Waals surface area contributed by atoms with Crippen LogP contribution < -0.4 is 0 Å². The van der Waals surface area contributed by atoms with Gasteiger partial charge in [0.1, 0.15) is 11.7 Å². The van der Waals surface area contributed by atoms with Crippen molar-refractivity contribution in [3.05, 3.63) is 108 Å². The van der Waals surface area contributed by atoms with Gasteiger partial charge >= 0.3 is 0 Å². The van der Waals surface area contributed by atoms with E-state index in [4.69, 9.17) is 0 Å². The lowest BCUT2D eigenvalue weighted by Gasteiger charge is -2.38. The number of carbonyl (C=O) groups is 1. The number of Topliss-reactive ketones (excluding diaryl/α,β-unsaturated/α-hetero) is 1. The van der Waals surface area contributed by atoms with Crippen molar-refractivity contribution in [3.63, 3.8) is 0 Å². The summed E-state index contributed by atoms with van der Waals surface area (Å²) in [4.78, 5) is 16.3. The van der Waals surface area contributed by atoms with Crippen LogP contribution in [0.25, 0.3) is 0 Å². The van der Waals surface area contributed by atoms with E-state index in [-0.39, 0.29) is 6.42 Å². The average molecular weight is 477 g/mol. The van der Waals surface area contributed by atoms with Crippen molar-refractivity contribution in [2.45, 2.75) is 30.8 Å². The molecule has 184 valence electrons. The number of alkyl halides is 1. The molecular weight excluding hydrogens is 443 g/mol. The lowest BCUT2D eigenvalue weighted by molar-refractivity contribution is -0.130. The summed E-state index contributed by atoms with van der Waals surface area (Å²) in [6.07, 6.45) is -2.54. The number of nitrogens with zero attached hydrogens (tertiary/aromatic N) is 2. The molecule has 0 aliphatic carbocycles. The third kappa shape index (κ3) is 6.21. The van der Waals surface area contributed by atoms with Crippen LogP contribution in [0, 0.1) is 0 Å². The van der Waals surface area contributed by atoms with Gasteiger partial charge in [0.2, 0.25) is 0 Å². The normalized spacial score (nSPS) is 17.1. The number of piperazine rings is 1. The Morgan fingerprint density at radius 3 is 1.83 bits per heavy atom. The third-order valence-corrected chi connectivity index (χ3v) is 6.89. The highest BCUT2D eigenvalue weighted by molar-refractivity contribution is 5.84. The lowest BCUT2D eigenvalue weighted by atomic mass is 9.83. The zero-order valence-electron chi connectivity index (χ0n) is 19.8. The van der Waals surface area contributed by atoms with Crippen LogP contribution in [-0.4, -0.2) is 64.8 Å². The Balaban J connectivity index is 1.31. The molecule has 1 heterocycles. The van der Waals surface area contributed by atoms with Crippen LogP contribution in [0.5, 0.6) is 0 Å². The summed E-state index contributed by atoms with van der Waals surface area (Å²) in [6, 6.07) is 28.0. The van der Waals surface area contributed by atoms with Crippen LogP contribution >= 0.6 is 0 Å². The van der Waals surface area contributed by atoms with Gasteiger partial charge in [-0.15, -0.1) is 0 Å². The number of hydrogen-bond donors (Lipinski definition) is 2. The first-order chi connectivity index (χ1) is 17.0. The molecule has 35 heavy (non-hydrogen) atoms. The quantitative estimate of drug-likeness (QED) is 0.435. The Morgan fingerprint density at radius 1 is 0.829 bits per heavy atom. The summed E-state index contributed by atoms with van der Waals surface area (Å²) in [5, 5.41) is 22.0. The largest absolute Gasteiger partial charge is 0.381 e. The van der Waals surface area contributed by atoms with Gasteiger partial charge in [0.05, 0.1) is 6.42 Å². The van der Waals surface area contributed by atoms with Crippen LogP contribution in [0.3, 0.4) is 0 Å². The van der Waals surface area contributed by atoms with Crippen molar-refractivity contribution in [1.82, 2.24) is 9.80 Å². The summed E-state index contributed by atoms with van der Waals surface area (Å²) >= 11 is 0. The Labute approximate surface area is 206 Å². The molecule has 0 spiro atoms. The average Bonchev–Trinajstić information content (AvgIpc) is 2.93. The van der Waals surface area contributed by atoms with Gasteiger partial charge in [0.15, 0.2) is 12.1 Å². The first kappa shape index (κ1) is 25.2. The van der Waals surface area contributed by atoms with E-state index in [0.29, 0.717) is 44.7 Å². The zero-order chi connectivity index (χ0) is 24.7. The number of halogens is 1. The van der Waals surface area contributed by atoms with E-state index in [1.165, 1.54) is 0 Å². The number of hydrogen-bond acceptors (Lipinski definition) is 5. The summed E-state index contributed by atoms with van der Waals surface area (Å²) in [7, 11) is 0. The molecule has 6 heteroatoms. The molecule has 4 rings (SSSR count). The monoisotopic (exact) mass is 476 g/mol. The van der Waals surface area contributed by atoms with Gasteiger partial charge in [-0.3, -0.25) is 9.69 Å². The summed E-state index contributed by atoms with van der Waals surface area (Å²) in [5.74, 6) is -0.512. The highest BCUT2D eigenvalue weighted by Crippen LogP contribution is 2.33. The molecular formula is C29H33FN2O3. The van der Waals surface area contributed by atoms with Crippen LogP contribution in [0.4, 0.5) is 4.39 Å². The van der Waals surface area contributed by atoms with E-state index in [1.54, 1.807) is 35.2 Å². The summed E-state index contributed by atoms with van der Waals surface area (Å²) in [5.41, 5.74) is 1.08. The Morgan fingerprint density at radius 2 is 1.31 bits per heavy atom. The lowest BCUT2D eigenvalue weighted by Crippen LogP contribution is -2.50. The van der Waals surface area contributed by atoms with E-state index < -0.39 is 23.8 Å². The van der Waals surface area contributed by atoms with Crippen LogP contribution in [0.1, 0.15) is 35.6 Å². The molecule has 2 atom stereocenters. The Bertz CT molecular complexity index is 1020. The SMILES string of the molecule is O=C(CC(F)N1CCN(CCC(O)(c2ccccc2)c2ccccc2)CC1)C(O)c1ccccc1. The predicted octanol–water partition coefficient (Wildman–Crippen LogP) is 3.92. The van der Waals surface area contributed by atoms with Gasteiger partial charge in [-0.1, -0.05) is 91.0 Å². The van der Waals surface area contributed by atoms with Crippen LogP contribution in [0.15, 0.2) is 91.0 Å². The second-order valence-electron chi connectivity index (χ2n) is 9.14. The van der Waals surface area contributed by atoms with Gasteiger partial charge in [-0.2, -0.15) is 0 Å². The van der Waals surface area contributed by atoms with Crippen LogP contribution in [-0.2, 0) is 10.4 Å². The Kier molecular flexibility index (Phi) is 8.42. The fourth-order valence-electron chi connectivity index (χ4n) is 4.70. The molecule has 5 nitrogen and oxygen atoms in total. The number of benzene rings is 3. The molecule has 0 aromatic heterocycles. The van der Waals surface area contributed by atoms with E-state index in [9.17, 15) is 19.4 Å². The van der Waals surface area contributed by atoms with Gasteiger partial charge < -0.3 is 15.1 Å². The van der Waals surface area contributed by atoms with Crippen molar-refractivity contribution >= 4 is 5.78 Å². The van der Waals surface area contributed by atoms with Gasteiger partial charge in [0, 0.05) is 32.7 Å². The van der Waals surface area contributed by atoms with E-state index in [0.717, 1.165) is 11.1 Å². The highest BCUT2D eigenvalue weighted by atomic mass is 19.1. The van der Waals surface area contributed by atoms with Crippen LogP contribution in [0.2, 0.25) is 0 Å². The van der Waals surface area contributed by atoms with Crippen molar-refractivity contribution in [3.8, 4) is 0 Å². The maximum Gasteiger partial charge on any atom is 0.170 e. The first-order valence-electron chi connectivity index (χ1n) is 12.2. The van der Waals surface area contributed by atoms with Gasteiger partial charge in [0.25, 0.3) is 0 Å². The number of rotatable bonds is 10. The Hall–Kier alpha value is -2.90. The second kappa shape index (κ2) is 11.7. The van der Waals surface area contributed by atoms with Gasteiger partial charge in [-0.05, 0) is 23.1 Å². The van der Waals surface area contributed by atoms with E-state index in [1.807, 2.05) is 60.7 Å². The second-order valence-corrected chi connectivity index (χ2v) is 9.14. The minimum atomic E-state index is -1.42. The first-order valence-corrected chi connectivity index (χ1v) is 12.2. The fraction of sp³-hybridized carbons (Fsp3) is 0.345. The van der Waals surface area contributed by atoms with Crippen molar-refractivity contribution in [2.24, 2.45) is 0 Å². The number of aliphatic hydroxyl groups excluding tert-OH is 1. The number of carbonyl (C=O) groups excluding carboxylic acids is 1. The molecule has 0 saturated carbocycles. The molecule has 1 aliphatic rings. The minimum Gasteiger partial charge on any atom is -0.381 e. The highest BCUT2D eigenvalue weighted by Gasteiger charge is 2.33. The smallest absolute Gasteiger partial charge is 0.170 e. The predicted molar refractivity (Wildman–Crippen MR) is 134 cm³/mol. The molecule has 3 aromatic carbocycles. The molecule has 3 aromatic rings. The van der Waals surface area contributed by atoms with E-state index >= 15 is 0 Å². The molecule has 0 radical (unpaired) electrons. The van der Waals surface area contributed by atoms with Crippen molar-refractivity contribution in [1.29, 1.82) is 0 Å². The zero-order valence-corrected chi connectivity index (χ0v) is 19.8. The fourth-order valence-corrected chi connectivity index (χ4v) is 4.70. The minimum absolute atomic E-state index is 0.335. The van der Waals surface area contributed by atoms with Crippen molar-refractivity contribution in [2.75, 3.05) is 32.7 Å². The standard InChI is InChI=1S/C29H33FN2O3/c30-27(22-26(33)28(34)23-10-4-1-5-11-23)32-20-18-31(19-21-32)17-16-29(35,24-12-6-2-7-13-24)25-14-8-3-9-15-25/h1-15,27-28,34-35H,16-22H2. The van der Waals surface area contributed by atoms with Crippen molar-refractivity contribution < 1.29 is 19.4 Å². The molecule has 2 unspecified atom stereocenters. The molecule has 2 N–H and O–H groups in total. The van der Waals surface area contributed by atoms with Gasteiger partial charge in [-0.25, -0.2) is 4.39 Å². The maximum atomic E-state index is 14.9. The molecule has 0 amide bonds. The molecule has 1 aliphatic heterocycles. The number of ketones is 1. The summed E-state index contributed by atoms with van der Waals surface area (Å²) < 4.78 is 14.9. The molecule has 1 saturated heterocycles. The maximum absolute atomic E-state index is 14.9.